The van der Waals surface area contributed by atoms with E-state index in [1.807, 2.05) is 0 Å². The molecule has 0 aliphatic rings. The van der Waals surface area contributed by atoms with Gasteiger partial charge >= 0.3 is 18.3 Å². The summed E-state index contributed by atoms with van der Waals surface area (Å²) in [5, 5.41) is 11.1. The Kier molecular flexibility index (Phi) is 7.28. The first-order chi connectivity index (χ1) is 12.3. The molecule has 0 unspecified atom stereocenters. The number of amides is 1. The molecule has 1 amide bonds. The molecule has 4 nitrogen and oxygen atoms in total. The van der Waals surface area contributed by atoms with Gasteiger partial charge in [0.15, 0.2) is 0 Å². The lowest BCUT2D eigenvalue weighted by atomic mass is 10.0. The van der Waals surface area contributed by atoms with Crippen LogP contribution in [0.2, 0.25) is 0 Å². The zero-order chi connectivity index (χ0) is 20.8. The van der Waals surface area contributed by atoms with E-state index in [0.29, 0.717) is 12.1 Å². The van der Waals surface area contributed by atoms with Gasteiger partial charge in [0.25, 0.3) is 0 Å². The topological polar surface area (TPSA) is 66.4 Å². The van der Waals surface area contributed by atoms with Crippen LogP contribution < -0.4 is 5.32 Å². The Morgan fingerprint density at radius 2 is 1.59 bits per heavy atom. The van der Waals surface area contributed by atoms with Crippen LogP contribution in [0.3, 0.4) is 0 Å². The second-order valence-corrected chi connectivity index (χ2v) is 5.65. The fourth-order valence-electron chi connectivity index (χ4n) is 2.22. The number of terminal acetylenes is 1. The van der Waals surface area contributed by atoms with Crippen molar-refractivity contribution in [3.8, 4) is 12.3 Å². The molecule has 0 radical (unpaired) electrons. The summed E-state index contributed by atoms with van der Waals surface area (Å²) < 4.78 is 76.8. The van der Waals surface area contributed by atoms with Gasteiger partial charge in [-0.2, -0.15) is 26.3 Å². The summed E-state index contributed by atoms with van der Waals surface area (Å²) in [6, 6.07) is -0.564. The van der Waals surface area contributed by atoms with Crippen molar-refractivity contribution < 1.29 is 41.0 Å². The highest BCUT2D eigenvalue weighted by Gasteiger charge is 2.37. The summed E-state index contributed by atoms with van der Waals surface area (Å²) in [7, 11) is 0. The van der Waals surface area contributed by atoms with Crippen molar-refractivity contribution in [2.24, 2.45) is 0 Å². The predicted octanol–water partition coefficient (Wildman–Crippen LogP) is 3.64. The molecule has 0 fully saturated rings. The molecule has 0 heterocycles. The Morgan fingerprint density at radius 3 is 2.00 bits per heavy atom. The molecule has 0 aliphatic heterocycles. The molecule has 0 aromatic heterocycles. The van der Waals surface area contributed by atoms with Gasteiger partial charge in [-0.1, -0.05) is 0 Å². The molecule has 1 aromatic rings. The van der Waals surface area contributed by atoms with Gasteiger partial charge in [-0.25, -0.2) is 4.79 Å². The summed E-state index contributed by atoms with van der Waals surface area (Å²) in [6.07, 6.45) is -5.39. The van der Waals surface area contributed by atoms with Gasteiger partial charge in [-0.15, -0.1) is 12.3 Å². The first kappa shape index (κ1) is 22.3. The van der Waals surface area contributed by atoms with E-state index in [4.69, 9.17) is 11.5 Å². The van der Waals surface area contributed by atoms with Gasteiger partial charge < -0.3 is 10.4 Å². The average molecular weight is 395 g/mol. The van der Waals surface area contributed by atoms with Crippen molar-refractivity contribution in [1.82, 2.24) is 5.32 Å². The Balaban J connectivity index is 3.00. The van der Waals surface area contributed by atoms with Gasteiger partial charge in [-0.05, 0) is 36.6 Å². The SMILES string of the molecule is C#CCCC[C@H](NC(=O)Cc1cc(C(F)(F)F)cc(C(F)(F)F)c1)C(=O)O. The highest BCUT2D eigenvalue weighted by atomic mass is 19.4. The molecule has 0 saturated carbocycles. The molecular formula is C17H15F6NO3. The number of hydrogen-bond acceptors (Lipinski definition) is 2. The second-order valence-electron chi connectivity index (χ2n) is 5.65. The van der Waals surface area contributed by atoms with Crippen LogP contribution in [-0.2, 0) is 28.4 Å². The van der Waals surface area contributed by atoms with Gasteiger partial charge in [0.2, 0.25) is 5.91 Å². The van der Waals surface area contributed by atoms with Crippen LogP contribution in [0.25, 0.3) is 0 Å². The molecule has 148 valence electrons. The highest BCUT2D eigenvalue weighted by molar-refractivity contribution is 5.84. The minimum Gasteiger partial charge on any atom is -0.480 e. The number of hydrogen-bond donors (Lipinski definition) is 2. The molecule has 0 bridgehead atoms. The molecule has 1 rings (SSSR count). The third-order valence-electron chi connectivity index (χ3n) is 3.46. The van der Waals surface area contributed by atoms with Crippen LogP contribution in [0.4, 0.5) is 26.3 Å². The summed E-state index contributed by atoms with van der Waals surface area (Å²) in [4.78, 5) is 23.0. The van der Waals surface area contributed by atoms with Gasteiger partial charge in [0, 0.05) is 6.42 Å². The number of unbranched alkanes of at least 4 members (excludes halogenated alkanes) is 1. The first-order valence-electron chi connectivity index (χ1n) is 7.58. The van der Waals surface area contributed by atoms with Crippen molar-refractivity contribution in [3.63, 3.8) is 0 Å². The third-order valence-corrected chi connectivity index (χ3v) is 3.46. The Hall–Kier alpha value is -2.70. The van der Waals surface area contributed by atoms with E-state index < -0.39 is 53.4 Å². The monoisotopic (exact) mass is 395 g/mol. The number of carboxylic acid groups (broad SMARTS) is 1. The van der Waals surface area contributed by atoms with Crippen molar-refractivity contribution >= 4 is 11.9 Å². The van der Waals surface area contributed by atoms with Crippen molar-refractivity contribution in [3.05, 3.63) is 34.9 Å². The minimum atomic E-state index is -5.04. The summed E-state index contributed by atoms with van der Waals surface area (Å²) >= 11 is 0. The van der Waals surface area contributed by atoms with Gasteiger partial charge in [-0.3, -0.25) is 4.79 Å². The highest BCUT2D eigenvalue weighted by Crippen LogP contribution is 2.36. The number of alkyl halides is 6. The predicted molar refractivity (Wildman–Crippen MR) is 82.4 cm³/mol. The zero-order valence-corrected chi connectivity index (χ0v) is 13.7. The van der Waals surface area contributed by atoms with Crippen molar-refractivity contribution in [2.75, 3.05) is 0 Å². The fraction of sp³-hybridized carbons (Fsp3) is 0.412. The zero-order valence-electron chi connectivity index (χ0n) is 13.7. The molecule has 10 heteroatoms. The maximum atomic E-state index is 12.8. The van der Waals surface area contributed by atoms with Crippen LogP contribution in [0, 0.1) is 12.3 Å². The van der Waals surface area contributed by atoms with E-state index in [1.54, 1.807) is 0 Å². The lowest BCUT2D eigenvalue weighted by molar-refractivity contribution is -0.143. The molecule has 0 saturated heterocycles. The molecule has 0 aliphatic carbocycles. The smallest absolute Gasteiger partial charge is 0.416 e. The van der Waals surface area contributed by atoms with Crippen LogP contribution in [0.5, 0.6) is 0 Å². The minimum absolute atomic E-state index is 0.0261. The average Bonchev–Trinajstić information content (AvgIpc) is 2.52. The number of aliphatic carboxylic acids is 1. The van der Waals surface area contributed by atoms with Crippen LogP contribution in [0.15, 0.2) is 18.2 Å². The number of carbonyl (C=O) groups excluding carboxylic acids is 1. The van der Waals surface area contributed by atoms with Crippen LogP contribution in [-0.4, -0.2) is 23.0 Å². The summed E-state index contributed by atoms with van der Waals surface area (Å²) in [5.74, 6) is -0.129. The molecule has 0 spiro atoms. The first-order valence-corrected chi connectivity index (χ1v) is 7.58. The van der Waals surface area contributed by atoms with Crippen LogP contribution in [0.1, 0.15) is 36.0 Å². The van der Waals surface area contributed by atoms with E-state index in [1.165, 1.54) is 0 Å². The summed E-state index contributed by atoms with van der Waals surface area (Å²) in [6.45, 7) is 0. The Bertz CT molecular complexity index is 701. The van der Waals surface area contributed by atoms with Crippen LogP contribution >= 0.6 is 0 Å². The largest absolute Gasteiger partial charge is 0.480 e. The number of carbonyl (C=O) groups is 2. The summed E-state index contributed by atoms with van der Waals surface area (Å²) in [5.41, 5.74) is -3.64. The molecule has 1 aromatic carbocycles. The number of carboxylic acids is 1. The van der Waals surface area contributed by atoms with E-state index in [0.717, 1.165) is 0 Å². The number of rotatable bonds is 7. The van der Waals surface area contributed by atoms with Crippen molar-refractivity contribution in [2.45, 2.75) is 44.1 Å². The normalized spacial score (nSPS) is 12.9. The maximum Gasteiger partial charge on any atom is 0.416 e. The van der Waals surface area contributed by atoms with Gasteiger partial charge in [0.1, 0.15) is 6.04 Å². The molecular weight excluding hydrogens is 380 g/mol. The molecule has 27 heavy (non-hydrogen) atoms. The van der Waals surface area contributed by atoms with E-state index in [2.05, 4.69) is 11.2 Å². The van der Waals surface area contributed by atoms with E-state index in [9.17, 15) is 35.9 Å². The lowest BCUT2D eigenvalue weighted by Crippen LogP contribution is -2.41. The Morgan fingerprint density at radius 1 is 1.07 bits per heavy atom. The third kappa shape index (κ3) is 7.21. The number of halogens is 6. The Labute approximate surface area is 150 Å². The van der Waals surface area contributed by atoms with E-state index >= 15 is 0 Å². The molecule has 2 N–H and O–H groups in total. The quantitative estimate of drug-likeness (QED) is 0.421. The lowest BCUT2D eigenvalue weighted by Gasteiger charge is -2.16. The standard InChI is InChI=1S/C17H15F6NO3/c1-2-3-4-5-13(15(26)27)24-14(25)8-10-6-11(16(18,19)20)9-12(7-10)17(21,22)23/h1,6-7,9,13H,3-5,8H2,(H,24,25)(H,26,27)/t13-/m0/s1. The van der Waals surface area contributed by atoms with Gasteiger partial charge in [0.05, 0.1) is 17.5 Å². The van der Waals surface area contributed by atoms with Crippen molar-refractivity contribution in [1.29, 1.82) is 0 Å². The second kappa shape index (κ2) is 8.79. The van der Waals surface area contributed by atoms with E-state index in [-0.39, 0.29) is 25.3 Å². The molecule has 1 atom stereocenters. The fourth-order valence-corrected chi connectivity index (χ4v) is 2.22. The number of nitrogens with one attached hydrogen (secondary N) is 1. The maximum absolute atomic E-state index is 12.8. The number of benzene rings is 1.